The molecule has 0 aliphatic carbocycles. The smallest absolute Gasteiger partial charge is 0.233 e. The zero-order chi connectivity index (χ0) is 9.40. The molecule has 1 unspecified atom stereocenters. The minimum Gasteiger partial charge on any atom is -0.379 e. The fraction of sp³-hybridized carbons (Fsp3) is 0.875. The van der Waals surface area contributed by atoms with E-state index in [2.05, 4.69) is 12.3 Å². The third-order valence-electron chi connectivity index (χ3n) is 1.69. The lowest BCUT2D eigenvalue weighted by atomic mass is 10.3. The monoisotopic (exact) mass is 174 g/mol. The van der Waals surface area contributed by atoms with Crippen molar-refractivity contribution in [2.24, 2.45) is 5.84 Å². The van der Waals surface area contributed by atoms with Crippen LogP contribution in [0.25, 0.3) is 0 Å². The Morgan fingerprint density at radius 2 is 2.33 bits per heavy atom. The Morgan fingerprint density at radius 1 is 1.67 bits per heavy atom. The third-order valence-corrected chi connectivity index (χ3v) is 1.69. The summed E-state index contributed by atoms with van der Waals surface area (Å²) in [7, 11) is 0. The van der Waals surface area contributed by atoms with Crippen molar-refractivity contribution in [1.29, 1.82) is 0 Å². The molecule has 0 aromatic heterocycles. The van der Waals surface area contributed by atoms with Gasteiger partial charge in [-0.3, -0.25) is 10.2 Å². The van der Waals surface area contributed by atoms with E-state index in [-0.39, 0.29) is 12.0 Å². The number of hydrogen-bond donors (Lipinski definition) is 2. The molecule has 4 nitrogen and oxygen atoms in total. The zero-order valence-electron chi connectivity index (χ0n) is 7.80. The molecule has 12 heavy (non-hydrogen) atoms. The molecule has 0 aliphatic rings. The van der Waals surface area contributed by atoms with Gasteiger partial charge in [0.1, 0.15) is 0 Å². The SMILES string of the molecule is CCC(C)OCCCC(=O)NN. The van der Waals surface area contributed by atoms with Crippen LogP contribution in [0.3, 0.4) is 0 Å². The Bertz CT molecular complexity index is 128. The van der Waals surface area contributed by atoms with Crippen LogP contribution in [0.2, 0.25) is 0 Å². The van der Waals surface area contributed by atoms with Crippen LogP contribution >= 0.6 is 0 Å². The summed E-state index contributed by atoms with van der Waals surface area (Å²) in [6.45, 7) is 4.71. The first-order valence-corrected chi connectivity index (χ1v) is 4.31. The van der Waals surface area contributed by atoms with Crippen LogP contribution < -0.4 is 11.3 Å². The molecular formula is C8H18N2O2. The van der Waals surface area contributed by atoms with E-state index in [1.165, 1.54) is 0 Å². The van der Waals surface area contributed by atoms with Gasteiger partial charge in [0.15, 0.2) is 0 Å². The summed E-state index contributed by atoms with van der Waals surface area (Å²) in [5.74, 6) is 4.76. The summed E-state index contributed by atoms with van der Waals surface area (Å²) in [6.07, 6.45) is 2.45. The molecule has 0 saturated heterocycles. The van der Waals surface area contributed by atoms with Crippen LogP contribution in [0.1, 0.15) is 33.1 Å². The van der Waals surface area contributed by atoms with E-state index in [0.29, 0.717) is 13.0 Å². The molecule has 0 heterocycles. The number of carbonyl (C=O) groups is 1. The minimum absolute atomic E-state index is 0.136. The van der Waals surface area contributed by atoms with E-state index in [4.69, 9.17) is 10.6 Å². The van der Waals surface area contributed by atoms with Gasteiger partial charge in [0.25, 0.3) is 0 Å². The molecule has 0 saturated carbocycles. The molecule has 0 bridgehead atoms. The summed E-state index contributed by atoms with van der Waals surface area (Å²) in [5, 5.41) is 0. The topological polar surface area (TPSA) is 64.3 Å². The number of nitrogens with two attached hydrogens (primary N) is 1. The first kappa shape index (κ1) is 11.4. The molecule has 0 aromatic rings. The van der Waals surface area contributed by atoms with E-state index in [1.54, 1.807) is 0 Å². The van der Waals surface area contributed by atoms with Gasteiger partial charge >= 0.3 is 0 Å². The third kappa shape index (κ3) is 6.12. The van der Waals surface area contributed by atoms with E-state index < -0.39 is 0 Å². The van der Waals surface area contributed by atoms with Gasteiger partial charge in [-0.05, 0) is 19.8 Å². The molecule has 0 spiro atoms. The lowest BCUT2D eigenvalue weighted by Crippen LogP contribution is -2.30. The summed E-state index contributed by atoms with van der Waals surface area (Å²) in [4.78, 5) is 10.6. The predicted molar refractivity (Wildman–Crippen MR) is 47.3 cm³/mol. The normalized spacial score (nSPS) is 12.6. The Balaban J connectivity index is 3.15. The number of ether oxygens (including phenoxy) is 1. The van der Waals surface area contributed by atoms with Crippen LogP contribution in [0.4, 0.5) is 0 Å². The number of carbonyl (C=O) groups excluding carboxylic acids is 1. The summed E-state index contributed by atoms with van der Waals surface area (Å²) in [6, 6.07) is 0. The molecular weight excluding hydrogens is 156 g/mol. The Labute approximate surface area is 73.4 Å². The number of hydrogen-bond acceptors (Lipinski definition) is 3. The van der Waals surface area contributed by atoms with Crippen molar-refractivity contribution in [2.45, 2.75) is 39.2 Å². The zero-order valence-corrected chi connectivity index (χ0v) is 7.80. The van der Waals surface area contributed by atoms with Gasteiger partial charge in [0.05, 0.1) is 6.10 Å². The number of nitrogens with one attached hydrogen (secondary N) is 1. The van der Waals surface area contributed by atoms with Crippen LogP contribution in [0.15, 0.2) is 0 Å². The second-order valence-corrected chi connectivity index (χ2v) is 2.76. The van der Waals surface area contributed by atoms with Gasteiger partial charge in [0.2, 0.25) is 5.91 Å². The van der Waals surface area contributed by atoms with Crippen LogP contribution in [-0.2, 0) is 9.53 Å². The standard InChI is InChI=1S/C8H18N2O2/c1-3-7(2)12-6-4-5-8(11)10-9/h7H,3-6,9H2,1-2H3,(H,10,11). The Hall–Kier alpha value is -0.610. The van der Waals surface area contributed by atoms with Crippen molar-refractivity contribution in [1.82, 2.24) is 5.43 Å². The molecule has 0 rings (SSSR count). The average Bonchev–Trinajstić information content (AvgIpc) is 2.11. The van der Waals surface area contributed by atoms with Crippen molar-refractivity contribution < 1.29 is 9.53 Å². The highest BCUT2D eigenvalue weighted by atomic mass is 16.5. The van der Waals surface area contributed by atoms with Crippen molar-refractivity contribution >= 4 is 5.91 Å². The molecule has 1 amide bonds. The fourth-order valence-corrected chi connectivity index (χ4v) is 0.707. The average molecular weight is 174 g/mol. The van der Waals surface area contributed by atoms with E-state index in [0.717, 1.165) is 12.8 Å². The molecule has 3 N–H and O–H groups in total. The Morgan fingerprint density at radius 3 is 2.83 bits per heavy atom. The van der Waals surface area contributed by atoms with Crippen molar-refractivity contribution in [3.8, 4) is 0 Å². The summed E-state index contributed by atoms with van der Waals surface area (Å²) < 4.78 is 5.37. The van der Waals surface area contributed by atoms with Crippen LogP contribution in [0.5, 0.6) is 0 Å². The number of rotatable bonds is 6. The number of amides is 1. The van der Waals surface area contributed by atoms with Gasteiger partial charge in [-0.25, -0.2) is 5.84 Å². The second kappa shape index (κ2) is 7.06. The molecule has 4 heteroatoms. The van der Waals surface area contributed by atoms with Gasteiger partial charge in [-0.2, -0.15) is 0 Å². The molecule has 0 radical (unpaired) electrons. The Kier molecular flexibility index (Phi) is 6.70. The predicted octanol–water partition coefficient (Wildman–Crippen LogP) is 0.572. The maximum absolute atomic E-state index is 10.6. The quantitative estimate of drug-likeness (QED) is 0.268. The van der Waals surface area contributed by atoms with Gasteiger partial charge < -0.3 is 4.74 Å². The summed E-state index contributed by atoms with van der Waals surface area (Å²) >= 11 is 0. The van der Waals surface area contributed by atoms with Crippen LogP contribution in [-0.4, -0.2) is 18.6 Å². The van der Waals surface area contributed by atoms with Gasteiger partial charge in [-0.1, -0.05) is 6.92 Å². The van der Waals surface area contributed by atoms with Gasteiger partial charge in [-0.15, -0.1) is 0 Å². The van der Waals surface area contributed by atoms with Crippen molar-refractivity contribution in [3.05, 3.63) is 0 Å². The highest BCUT2D eigenvalue weighted by Crippen LogP contribution is 1.98. The fourth-order valence-electron chi connectivity index (χ4n) is 0.707. The molecule has 0 fully saturated rings. The number of hydrazine groups is 1. The van der Waals surface area contributed by atoms with Crippen molar-refractivity contribution in [3.63, 3.8) is 0 Å². The maximum Gasteiger partial charge on any atom is 0.233 e. The highest BCUT2D eigenvalue weighted by Gasteiger charge is 2.00. The second-order valence-electron chi connectivity index (χ2n) is 2.76. The molecule has 72 valence electrons. The van der Waals surface area contributed by atoms with Gasteiger partial charge in [0, 0.05) is 13.0 Å². The summed E-state index contributed by atoms with van der Waals surface area (Å²) in [5.41, 5.74) is 2.07. The highest BCUT2D eigenvalue weighted by molar-refractivity contribution is 5.75. The van der Waals surface area contributed by atoms with E-state index in [1.807, 2.05) is 6.92 Å². The maximum atomic E-state index is 10.6. The van der Waals surface area contributed by atoms with E-state index in [9.17, 15) is 4.79 Å². The molecule has 0 aromatic carbocycles. The van der Waals surface area contributed by atoms with E-state index >= 15 is 0 Å². The van der Waals surface area contributed by atoms with Crippen molar-refractivity contribution in [2.75, 3.05) is 6.61 Å². The lowest BCUT2D eigenvalue weighted by Gasteiger charge is -2.09. The minimum atomic E-state index is -0.136. The largest absolute Gasteiger partial charge is 0.379 e. The molecule has 0 aliphatic heterocycles. The first-order chi connectivity index (χ1) is 5.70. The first-order valence-electron chi connectivity index (χ1n) is 4.31. The van der Waals surface area contributed by atoms with Crippen LogP contribution in [0, 0.1) is 0 Å². The molecule has 1 atom stereocenters. The lowest BCUT2D eigenvalue weighted by molar-refractivity contribution is -0.121.